The molecule has 1 unspecified atom stereocenters. The SMILES string of the molecule is COc1cccc(S(=O)(=O)CC(N)c2ccccc2C)c1. The van der Waals surface area contributed by atoms with Crippen LogP contribution in [-0.4, -0.2) is 21.3 Å². The Labute approximate surface area is 125 Å². The highest BCUT2D eigenvalue weighted by Crippen LogP contribution is 2.23. The van der Waals surface area contributed by atoms with Crippen molar-refractivity contribution in [1.82, 2.24) is 0 Å². The van der Waals surface area contributed by atoms with Gasteiger partial charge in [0, 0.05) is 6.04 Å². The lowest BCUT2D eigenvalue weighted by Crippen LogP contribution is -2.22. The number of ether oxygens (including phenoxy) is 1. The summed E-state index contributed by atoms with van der Waals surface area (Å²) in [6.45, 7) is 1.92. The molecule has 0 aliphatic rings. The van der Waals surface area contributed by atoms with Crippen LogP contribution in [0.5, 0.6) is 5.75 Å². The van der Waals surface area contributed by atoms with Crippen LogP contribution in [-0.2, 0) is 9.84 Å². The van der Waals surface area contributed by atoms with Gasteiger partial charge in [-0.25, -0.2) is 8.42 Å². The Hall–Kier alpha value is -1.85. The molecule has 5 heteroatoms. The van der Waals surface area contributed by atoms with E-state index in [0.29, 0.717) is 5.75 Å². The second kappa shape index (κ2) is 6.28. The molecule has 0 heterocycles. The third-order valence-electron chi connectivity index (χ3n) is 3.39. The van der Waals surface area contributed by atoms with Gasteiger partial charge in [0.25, 0.3) is 0 Å². The third-order valence-corrected chi connectivity index (χ3v) is 5.16. The molecule has 2 N–H and O–H groups in total. The highest BCUT2D eigenvalue weighted by molar-refractivity contribution is 7.91. The van der Waals surface area contributed by atoms with Crippen molar-refractivity contribution in [2.75, 3.05) is 12.9 Å². The number of hydrogen-bond donors (Lipinski definition) is 1. The molecule has 2 rings (SSSR count). The lowest BCUT2D eigenvalue weighted by atomic mass is 10.0. The molecule has 0 spiro atoms. The van der Waals surface area contributed by atoms with Gasteiger partial charge in [0.1, 0.15) is 5.75 Å². The lowest BCUT2D eigenvalue weighted by molar-refractivity contribution is 0.413. The van der Waals surface area contributed by atoms with Crippen molar-refractivity contribution in [3.05, 3.63) is 59.7 Å². The second-order valence-electron chi connectivity index (χ2n) is 4.92. The smallest absolute Gasteiger partial charge is 0.180 e. The number of benzene rings is 2. The van der Waals surface area contributed by atoms with E-state index >= 15 is 0 Å². The maximum atomic E-state index is 12.5. The van der Waals surface area contributed by atoms with E-state index in [4.69, 9.17) is 10.5 Å². The number of rotatable bonds is 5. The van der Waals surface area contributed by atoms with Crippen molar-refractivity contribution >= 4 is 9.84 Å². The number of sulfone groups is 1. The van der Waals surface area contributed by atoms with Gasteiger partial charge in [-0.15, -0.1) is 0 Å². The number of nitrogens with two attached hydrogens (primary N) is 1. The van der Waals surface area contributed by atoms with Crippen molar-refractivity contribution in [1.29, 1.82) is 0 Å². The topological polar surface area (TPSA) is 69.4 Å². The monoisotopic (exact) mass is 305 g/mol. The molecule has 0 aliphatic carbocycles. The normalized spacial score (nSPS) is 12.9. The Balaban J connectivity index is 2.27. The summed E-state index contributed by atoms with van der Waals surface area (Å²) >= 11 is 0. The molecule has 4 nitrogen and oxygen atoms in total. The second-order valence-corrected chi connectivity index (χ2v) is 6.96. The first-order chi connectivity index (χ1) is 9.94. The molecule has 1 atom stereocenters. The summed E-state index contributed by atoms with van der Waals surface area (Å²) in [6, 6.07) is 13.4. The van der Waals surface area contributed by atoms with E-state index in [0.717, 1.165) is 11.1 Å². The van der Waals surface area contributed by atoms with Crippen LogP contribution in [0.4, 0.5) is 0 Å². The van der Waals surface area contributed by atoms with Gasteiger partial charge in [-0.1, -0.05) is 30.3 Å². The van der Waals surface area contributed by atoms with Gasteiger partial charge in [0.15, 0.2) is 9.84 Å². The third kappa shape index (κ3) is 3.62. The predicted octanol–water partition coefficient (Wildman–Crippen LogP) is 2.48. The molecule has 2 aromatic carbocycles. The Bertz CT molecular complexity index is 726. The summed E-state index contributed by atoms with van der Waals surface area (Å²) in [5.74, 6) is 0.380. The highest BCUT2D eigenvalue weighted by Gasteiger charge is 2.21. The number of methoxy groups -OCH3 is 1. The molecule has 0 aromatic heterocycles. The Morgan fingerprint density at radius 1 is 1.14 bits per heavy atom. The van der Waals surface area contributed by atoms with Crippen LogP contribution >= 0.6 is 0 Å². The summed E-state index contributed by atoms with van der Waals surface area (Å²) in [7, 11) is -1.96. The van der Waals surface area contributed by atoms with E-state index in [2.05, 4.69) is 0 Å². The van der Waals surface area contributed by atoms with Crippen LogP contribution in [0, 0.1) is 6.92 Å². The van der Waals surface area contributed by atoms with E-state index in [-0.39, 0.29) is 10.6 Å². The van der Waals surface area contributed by atoms with Crippen LogP contribution in [0.25, 0.3) is 0 Å². The van der Waals surface area contributed by atoms with E-state index in [1.54, 1.807) is 18.2 Å². The van der Waals surface area contributed by atoms with Crippen molar-refractivity contribution in [3.63, 3.8) is 0 Å². The summed E-state index contributed by atoms with van der Waals surface area (Å²) in [5.41, 5.74) is 7.92. The van der Waals surface area contributed by atoms with E-state index in [1.807, 2.05) is 31.2 Å². The lowest BCUT2D eigenvalue weighted by Gasteiger charge is -2.15. The average molecular weight is 305 g/mol. The molecule has 21 heavy (non-hydrogen) atoms. The summed E-state index contributed by atoms with van der Waals surface area (Å²) < 4.78 is 30.0. The molecule has 0 bridgehead atoms. The van der Waals surface area contributed by atoms with Crippen LogP contribution in [0.3, 0.4) is 0 Å². The van der Waals surface area contributed by atoms with E-state index < -0.39 is 15.9 Å². The van der Waals surface area contributed by atoms with Gasteiger partial charge < -0.3 is 10.5 Å². The van der Waals surface area contributed by atoms with Crippen LogP contribution in [0.1, 0.15) is 17.2 Å². The fraction of sp³-hybridized carbons (Fsp3) is 0.250. The van der Waals surface area contributed by atoms with Crippen LogP contribution in [0.2, 0.25) is 0 Å². The first kappa shape index (κ1) is 15.5. The fourth-order valence-corrected chi connectivity index (χ4v) is 3.65. The van der Waals surface area contributed by atoms with Gasteiger partial charge >= 0.3 is 0 Å². The number of aryl methyl sites for hydroxylation is 1. The van der Waals surface area contributed by atoms with Crippen LogP contribution in [0.15, 0.2) is 53.4 Å². The van der Waals surface area contributed by atoms with E-state index in [1.165, 1.54) is 13.2 Å². The molecule has 0 saturated heterocycles. The van der Waals surface area contributed by atoms with Gasteiger partial charge in [-0.3, -0.25) is 0 Å². The van der Waals surface area contributed by atoms with Crippen molar-refractivity contribution in [3.8, 4) is 5.75 Å². The van der Waals surface area contributed by atoms with Gasteiger partial charge in [0.05, 0.1) is 17.8 Å². The summed E-state index contributed by atoms with van der Waals surface area (Å²) in [6.07, 6.45) is 0. The van der Waals surface area contributed by atoms with E-state index in [9.17, 15) is 8.42 Å². The van der Waals surface area contributed by atoms with Gasteiger partial charge in [-0.2, -0.15) is 0 Å². The first-order valence-corrected chi connectivity index (χ1v) is 8.27. The average Bonchev–Trinajstić information content (AvgIpc) is 2.47. The molecule has 0 aliphatic heterocycles. The Morgan fingerprint density at radius 3 is 2.52 bits per heavy atom. The minimum atomic E-state index is -3.46. The molecular formula is C16H19NO3S. The zero-order valence-corrected chi connectivity index (χ0v) is 12.9. The molecular weight excluding hydrogens is 286 g/mol. The standard InChI is InChI=1S/C16H19NO3S/c1-12-6-3-4-9-15(12)16(17)11-21(18,19)14-8-5-7-13(10-14)20-2/h3-10,16H,11,17H2,1-2H3. The zero-order chi connectivity index (χ0) is 15.5. The van der Waals surface area contributed by atoms with Gasteiger partial charge in [-0.05, 0) is 36.2 Å². The molecule has 0 amide bonds. The van der Waals surface area contributed by atoms with Gasteiger partial charge in [0.2, 0.25) is 0 Å². The predicted molar refractivity (Wildman–Crippen MR) is 83.2 cm³/mol. The highest BCUT2D eigenvalue weighted by atomic mass is 32.2. The fourth-order valence-electron chi connectivity index (χ4n) is 2.22. The minimum absolute atomic E-state index is 0.134. The first-order valence-electron chi connectivity index (χ1n) is 6.62. The van der Waals surface area contributed by atoms with Crippen molar-refractivity contribution in [2.45, 2.75) is 17.9 Å². The largest absolute Gasteiger partial charge is 0.497 e. The molecule has 0 saturated carbocycles. The molecule has 2 aromatic rings. The van der Waals surface area contributed by atoms with Crippen LogP contribution < -0.4 is 10.5 Å². The molecule has 0 radical (unpaired) electrons. The minimum Gasteiger partial charge on any atom is -0.497 e. The zero-order valence-electron chi connectivity index (χ0n) is 12.1. The quantitative estimate of drug-likeness (QED) is 0.921. The summed E-state index contributed by atoms with van der Waals surface area (Å²) in [5, 5.41) is 0. The summed E-state index contributed by atoms with van der Waals surface area (Å²) in [4.78, 5) is 0.228. The molecule has 0 fully saturated rings. The van der Waals surface area contributed by atoms with Crippen molar-refractivity contribution < 1.29 is 13.2 Å². The maximum absolute atomic E-state index is 12.5. The Kier molecular flexibility index (Phi) is 4.65. The maximum Gasteiger partial charge on any atom is 0.180 e. The molecule has 112 valence electrons. The van der Waals surface area contributed by atoms with Crippen molar-refractivity contribution in [2.24, 2.45) is 5.73 Å². The number of hydrogen-bond acceptors (Lipinski definition) is 4. The Morgan fingerprint density at radius 2 is 1.86 bits per heavy atom.